The summed E-state index contributed by atoms with van der Waals surface area (Å²) in [5, 5.41) is 18.0. The van der Waals surface area contributed by atoms with E-state index >= 15 is 0 Å². The van der Waals surface area contributed by atoms with Gasteiger partial charge >= 0.3 is 0 Å². The van der Waals surface area contributed by atoms with Gasteiger partial charge < -0.3 is 10.2 Å². The molecule has 1 aliphatic carbocycles. The highest BCUT2D eigenvalue weighted by atomic mass is 19.1. The van der Waals surface area contributed by atoms with Crippen LogP contribution in [0.15, 0.2) is 12.7 Å². The molecule has 5 atom stereocenters. The van der Waals surface area contributed by atoms with Gasteiger partial charge in [0.05, 0.1) is 6.10 Å². The Labute approximate surface area is 69.5 Å². The molecule has 4 heteroatoms. The lowest BCUT2D eigenvalue weighted by Gasteiger charge is -2.13. The third-order valence-electron chi connectivity index (χ3n) is 2.27. The normalized spacial score (nSPS) is 47.8. The van der Waals surface area contributed by atoms with E-state index in [1.165, 1.54) is 6.08 Å². The second kappa shape index (κ2) is 3.49. The first-order valence-electron chi connectivity index (χ1n) is 3.84. The van der Waals surface area contributed by atoms with Gasteiger partial charge in [0.15, 0.2) is 6.17 Å². The van der Waals surface area contributed by atoms with Crippen LogP contribution in [0.1, 0.15) is 6.42 Å². The lowest BCUT2D eigenvalue weighted by atomic mass is 10.0. The van der Waals surface area contributed by atoms with Crippen molar-refractivity contribution in [2.24, 2.45) is 5.92 Å². The first kappa shape index (κ1) is 9.61. The van der Waals surface area contributed by atoms with Gasteiger partial charge in [0.25, 0.3) is 0 Å². The van der Waals surface area contributed by atoms with Crippen LogP contribution < -0.4 is 0 Å². The second-order valence-corrected chi connectivity index (χ2v) is 3.06. The van der Waals surface area contributed by atoms with Crippen LogP contribution in [0.4, 0.5) is 8.78 Å². The van der Waals surface area contributed by atoms with Gasteiger partial charge in [-0.3, -0.25) is 0 Å². The summed E-state index contributed by atoms with van der Waals surface area (Å²) in [6.45, 7) is 3.36. The Morgan fingerprint density at radius 3 is 2.08 bits per heavy atom. The lowest BCUT2D eigenvalue weighted by Crippen LogP contribution is -2.26. The first-order valence-corrected chi connectivity index (χ1v) is 3.84. The van der Waals surface area contributed by atoms with E-state index in [4.69, 9.17) is 10.2 Å². The fourth-order valence-corrected chi connectivity index (χ4v) is 1.52. The number of alkyl halides is 2. The molecule has 1 fully saturated rings. The van der Waals surface area contributed by atoms with Crippen molar-refractivity contribution in [3.05, 3.63) is 12.7 Å². The SMILES string of the molecule is C=CCC1C(O)C(F)C(O)C1F. The first-order chi connectivity index (χ1) is 5.59. The maximum atomic E-state index is 13.0. The van der Waals surface area contributed by atoms with Gasteiger partial charge in [-0.05, 0) is 6.42 Å². The van der Waals surface area contributed by atoms with Crippen LogP contribution in [0.2, 0.25) is 0 Å². The number of allylic oxidation sites excluding steroid dienone is 1. The van der Waals surface area contributed by atoms with Crippen LogP contribution in [0.3, 0.4) is 0 Å². The molecule has 0 aromatic rings. The Kier molecular flexibility index (Phi) is 2.80. The van der Waals surface area contributed by atoms with Crippen LogP contribution in [0, 0.1) is 5.92 Å². The highest BCUT2D eigenvalue weighted by Gasteiger charge is 2.49. The Hall–Kier alpha value is -0.480. The molecule has 0 aromatic heterocycles. The Balaban J connectivity index is 2.68. The maximum absolute atomic E-state index is 13.0. The minimum Gasteiger partial charge on any atom is -0.390 e. The second-order valence-electron chi connectivity index (χ2n) is 3.06. The summed E-state index contributed by atoms with van der Waals surface area (Å²) in [4.78, 5) is 0. The zero-order chi connectivity index (χ0) is 9.30. The topological polar surface area (TPSA) is 40.5 Å². The zero-order valence-electron chi connectivity index (χ0n) is 6.53. The predicted octanol–water partition coefficient (Wildman–Crippen LogP) is 0.590. The van der Waals surface area contributed by atoms with Gasteiger partial charge in [-0.1, -0.05) is 6.08 Å². The van der Waals surface area contributed by atoms with Crippen molar-refractivity contribution in [3.8, 4) is 0 Å². The van der Waals surface area contributed by atoms with E-state index in [0.29, 0.717) is 0 Å². The molecule has 1 saturated carbocycles. The van der Waals surface area contributed by atoms with E-state index in [1.54, 1.807) is 0 Å². The minimum absolute atomic E-state index is 0.180. The number of halogens is 2. The van der Waals surface area contributed by atoms with Crippen LogP contribution in [-0.4, -0.2) is 34.8 Å². The summed E-state index contributed by atoms with van der Waals surface area (Å²) in [5.41, 5.74) is 0. The monoisotopic (exact) mass is 178 g/mol. The summed E-state index contributed by atoms with van der Waals surface area (Å²) in [6.07, 6.45) is -5.07. The number of aliphatic hydroxyl groups is 2. The molecular formula is C8H12F2O2. The molecule has 0 bridgehead atoms. The standard InChI is InChI=1S/C8H12F2O2/c1-2-3-4-5(9)8(12)6(10)7(4)11/h2,4-8,11-12H,1,3H2. The van der Waals surface area contributed by atoms with Gasteiger partial charge in [0, 0.05) is 5.92 Å². The maximum Gasteiger partial charge on any atom is 0.155 e. The van der Waals surface area contributed by atoms with E-state index in [1.807, 2.05) is 0 Å². The van der Waals surface area contributed by atoms with Crippen LogP contribution in [0.25, 0.3) is 0 Å². The molecule has 0 spiro atoms. The molecule has 0 saturated heterocycles. The fourth-order valence-electron chi connectivity index (χ4n) is 1.52. The molecule has 0 radical (unpaired) electrons. The molecule has 2 nitrogen and oxygen atoms in total. The van der Waals surface area contributed by atoms with Crippen molar-refractivity contribution in [2.75, 3.05) is 0 Å². The molecule has 0 heterocycles. The molecule has 12 heavy (non-hydrogen) atoms. The smallest absolute Gasteiger partial charge is 0.155 e. The molecule has 0 amide bonds. The fraction of sp³-hybridized carbons (Fsp3) is 0.750. The van der Waals surface area contributed by atoms with Crippen molar-refractivity contribution in [2.45, 2.75) is 31.0 Å². The number of hydrogen-bond acceptors (Lipinski definition) is 2. The van der Waals surface area contributed by atoms with Crippen LogP contribution in [-0.2, 0) is 0 Å². The van der Waals surface area contributed by atoms with Gasteiger partial charge in [0.2, 0.25) is 0 Å². The summed E-state index contributed by atoms with van der Waals surface area (Å²) in [6, 6.07) is 0. The minimum atomic E-state index is -1.87. The Bertz CT molecular complexity index is 160. The molecule has 2 N–H and O–H groups in total. The molecule has 0 aliphatic heterocycles. The van der Waals surface area contributed by atoms with E-state index in [9.17, 15) is 8.78 Å². The predicted molar refractivity (Wildman–Crippen MR) is 40.1 cm³/mol. The van der Waals surface area contributed by atoms with Gasteiger partial charge in [-0.2, -0.15) is 0 Å². The van der Waals surface area contributed by atoms with Crippen LogP contribution >= 0.6 is 0 Å². The molecule has 0 aromatic carbocycles. The third-order valence-corrected chi connectivity index (χ3v) is 2.27. The Morgan fingerprint density at radius 2 is 1.75 bits per heavy atom. The van der Waals surface area contributed by atoms with E-state index in [-0.39, 0.29) is 6.42 Å². The summed E-state index contributed by atoms with van der Waals surface area (Å²) >= 11 is 0. The highest BCUT2D eigenvalue weighted by molar-refractivity contribution is 5.00. The van der Waals surface area contributed by atoms with E-state index < -0.39 is 30.5 Å². The van der Waals surface area contributed by atoms with Gasteiger partial charge in [-0.15, -0.1) is 6.58 Å². The number of aliphatic hydroxyl groups excluding tert-OH is 2. The molecule has 5 unspecified atom stereocenters. The highest BCUT2D eigenvalue weighted by Crippen LogP contribution is 2.34. The van der Waals surface area contributed by atoms with Crippen molar-refractivity contribution < 1.29 is 19.0 Å². The summed E-state index contributed by atoms with van der Waals surface area (Å²) in [7, 11) is 0. The largest absolute Gasteiger partial charge is 0.390 e. The quantitative estimate of drug-likeness (QED) is 0.607. The van der Waals surface area contributed by atoms with E-state index in [2.05, 4.69) is 6.58 Å². The van der Waals surface area contributed by atoms with Crippen molar-refractivity contribution in [1.29, 1.82) is 0 Å². The average molecular weight is 178 g/mol. The molecule has 1 rings (SSSR count). The molecular weight excluding hydrogens is 166 g/mol. The van der Waals surface area contributed by atoms with Crippen molar-refractivity contribution in [3.63, 3.8) is 0 Å². The van der Waals surface area contributed by atoms with Crippen molar-refractivity contribution >= 4 is 0 Å². The van der Waals surface area contributed by atoms with E-state index in [0.717, 1.165) is 0 Å². The van der Waals surface area contributed by atoms with Gasteiger partial charge in [-0.25, -0.2) is 8.78 Å². The number of rotatable bonds is 2. The van der Waals surface area contributed by atoms with Gasteiger partial charge in [0.1, 0.15) is 12.3 Å². The summed E-state index contributed by atoms with van der Waals surface area (Å²) < 4.78 is 25.7. The third kappa shape index (κ3) is 1.36. The molecule has 1 aliphatic rings. The number of hydrogen-bond donors (Lipinski definition) is 2. The van der Waals surface area contributed by atoms with Crippen molar-refractivity contribution in [1.82, 2.24) is 0 Å². The Morgan fingerprint density at radius 1 is 1.17 bits per heavy atom. The van der Waals surface area contributed by atoms with Crippen LogP contribution in [0.5, 0.6) is 0 Å². The molecule has 70 valence electrons. The lowest BCUT2D eigenvalue weighted by molar-refractivity contribution is 0.0204. The average Bonchev–Trinajstić information content (AvgIpc) is 2.23. The zero-order valence-corrected chi connectivity index (χ0v) is 6.53. The summed E-state index contributed by atoms with van der Waals surface area (Å²) in [5.74, 6) is -0.854.